The minimum atomic E-state index is -0.939. The van der Waals surface area contributed by atoms with Crippen LogP contribution >= 0.6 is 0 Å². The van der Waals surface area contributed by atoms with Crippen molar-refractivity contribution in [2.24, 2.45) is 11.3 Å². The minimum Gasteiger partial charge on any atom is -0.481 e. The molecule has 0 aromatic carbocycles. The zero-order valence-corrected chi connectivity index (χ0v) is 13.7. The van der Waals surface area contributed by atoms with Gasteiger partial charge in [0.1, 0.15) is 5.60 Å². The summed E-state index contributed by atoms with van der Waals surface area (Å²) in [5, 5.41) is 12.5. The molecule has 0 bridgehead atoms. The fourth-order valence-corrected chi connectivity index (χ4v) is 3.11. The molecule has 0 aromatic heterocycles. The predicted octanol–water partition coefficient (Wildman–Crippen LogP) is 2.56. The van der Waals surface area contributed by atoms with Crippen LogP contribution in [0, 0.1) is 11.3 Å². The quantitative estimate of drug-likeness (QED) is 0.787. The average Bonchev–Trinajstić information content (AvgIpc) is 3.11. The van der Waals surface area contributed by atoms with Crippen LogP contribution in [0.4, 0.5) is 4.79 Å². The highest BCUT2D eigenvalue weighted by molar-refractivity contribution is 5.77. The molecule has 1 heterocycles. The Morgan fingerprint density at radius 3 is 2.41 bits per heavy atom. The molecule has 0 radical (unpaired) electrons. The maximum absolute atomic E-state index is 11.9. The van der Waals surface area contributed by atoms with Gasteiger partial charge in [-0.2, -0.15) is 0 Å². The lowest BCUT2D eigenvalue weighted by Gasteiger charge is -2.32. The van der Waals surface area contributed by atoms with E-state index in [2.05, 4.69) is 5.32 Å². The average molecular weight is 313 g/mol. The zero-order valence-electron chi connectivity index (χ0n) is 13.7. The van der Waals surface area contributed by atoms with Crippen molar-refractivity contribution >= 4 is 12.1 Å². The highest BCUT2D eigenvalue weighted by Crippen LogP contribution is 2.49. The van der Waals surface area contributed by atoms with E-state index < -0.39 is 23.1 Å². The summed E-state index contributed by atoms with van der Waals surface area (Å²) in [5.41, 5.74) is -1.53. The van der Waals surface area contributed by atoms with E-state index in [0.29, 0.717) is 13.0 Å². The molecule has 2 rings (SSSR count). The molecule has 2 N–H and O–H groups in total. The van der Waals surface area contributed by atoms with Crippen molar-refractivity contribution in [1.29, 1.82) is 0 Å². The van der Waals surface area contributed by atoms with Crippen LogP contribution in [-0.4, -0.2) is 42.0 Å². The third-order valence-electron chi connectivity index (χ3n) is 4.35. The number of carboxylic acid groups (broad SMARTS) is 1. The third kappa shape index (κ3) is 4.35. The lowest BCUT2D eigenvalue weighted by atomic mass is 9.77. The molecule has 126 valence electrons. The van der Waals surface area contributed by atoms with E-state index in [1.54, 1.807) is 20.8 Å². The first kappa shape index (κ1) is 17.1. The first-order valence-electron chi connectivity index (χ1n) is 8.05. The van der Waals surface area contributed by atoms with Gasteiger partial charge in [0.25, 0.3) is 0 Å². The highest BCUT2D eigenvalue weighted by Gasteiger charge is 2.52. The first-order valence-corrected chi connectivity index (χ1v) is 8.05. The van der Waals surface area contributed by atoms with Crippen molar-refractivity contribution in [2.75, 3.05) is 13.2 Å². The molecule has 2 unspecified atom stereocenters. The highest BCUT2D eigenvalue weighted by atomic mass is 16.6. The molecule has 6 heteroatoms. The smallest absolute Gasteiger partial charge is 0.407 e. The van der Waals surface area contributed by atoms with Gasteiger partial charge in [-0.3, -0.25) is 4.79 Å². The van der Waals surface area contributed by atoms with Crippen molar-refractivity contribution in [3.63, 3.8) is 0 Å². The zero-order chi connectivity index (χ0) is 16.4. The number of carbonyl (C=O) groups is 2. The number of ether oxygens (including phenoxy) is 2. The van der Waals surface area contributed by atoms with Crippen molar-refractivity contribution in [3.05, 3.63) is 0 Å². The van der Waals surface area contributed by atoms with E-state index in [-0.39, 0.29) is 18.6 Å². The predicted molar refractivity (Wildman–Crippen MR) is 80.6 cm³/mol. The van der Waals surface area contributed by atoms with Gasteiger partial charge < -0.3 is 19.9 Å². The molecular weight excluding hydrogens is 286 g/mol. The first-order chi connectivity index (χ1) is 10.2. The number of alkyl carbamates (subject to hydrolysis) is 1. The van der Waals surface area contributed by atoms with Crippen molar-refractivity contribution in [2.45, 2.75) is 64.6 Å². The standard InChI is InChI=1S/C16H27NO5/c1-15(2,3)22-14(20)17-10-16(13(18)19,11-6-7-11)9-12-5-4-8-21-12/h11-12H,4-10H2,1-3H3,(H,17,20)(H,18,19). The van der Waals surface area contributed by atoms with E-state index in [0.717, 1.165) is 25.7 Å². The van der Waals surface area contributed by atoms with Crippen LogP contribution in [0.15, 0.2) is 0 Å². The Morgan fingerprint density at radius 2 is 1.95 bits per heavy atom. The molecule has 1 aliphatic carbocycles. The van der Waals surface area contributed by atoms with Crippen LogP contribution in [0.5, 0.6) is 0 Å². The van der Waals surface area contributed by atoms with Crippen LogP contribution in [0.1, 0.15) is 52.9 Å². The van der Waals surface area contributed by atoms with Crippen LogP contribution in [0.2, 0.25) is 0 Å². The molecule has 6 nitrogen and oxygen atoms in total. The number of amides is 1. The summed E-state index contributed by atoms with van der Waals surface area (Å²) < 4.78 is 10.8. The van der Waals surface area contributed by atoms with Gasteiger partial charge in [-0.25, -0.2) is 4.79 Å². The van der Waals surface area contributed by atoms with E-state index in [4.69, 9.17) is 9.47 Å². The minimum absolute atomic E-state index is 0.0165. The molecule has 1 aliphatic heterocycles. The van der Waals surface area contributed by atoms with Gasteiger partial charge in [0.05, 0.1) is 11.5 Å². The molecule has 1 amide bonds. The van der Waals surface area contributed by atoms with Crippen molar-refractivity contribution < 1.29 is 24.2 Å². The molecule has 1 saturated carbocycles. The second kappa shape index (κ2) is 6.44. The fourth-order valence-electron chi connectivity index (χ4n) is 3.11. The number of rotatable bonds is 6. The van der Waals surface area contributed by atoms with Crippen molar-refractivity contribution in [3.8, 4) is 0 Å². The summed E-state index contributed by atoms with van der Waals surface area (Å²) in [5.74, 6) is -0.731. The maximum atomic E-state index is 11.9. The SMILES string of the molecule is CC(C)(C)OC(=O)NCC(CC1CCCO1)(C(=O)O)C1CC1. The van der Waals surface area contributed by atoms with Gasteiger partial charge in [0.15, 0.2) is 0 Å². The number of carboxylic acids is 1. The van der Waals surface area contributed by atoms with Crippen LogP contribution in [-0.2, 0) is 14.3 Å². The number of nitrogens with one attached hydrogen (secondary N) is 1. The van der Waals surface area contributed by atoms with Gasteiger partial charge in [-0.05, 0) is 58.8 Å². The monoisotopic (exact) mass is 313 g/mol. The topological polar surface area (TPSA) is 84.9 Å². The van der Waals surface area contributed by atoms with Crippen LogP contribution in [0.3, 0.4) is 0 Å². The van der Waals surface area contributed by atoms with Gasteiger partial charge in [0.2, 0.25) is 0 Å². The Kier molecular flexibility index (Phi) is 5.00. The summed E-state index contributed by atoms with van der Waals surface area (Å²) in [7, 11) is 0. The van der Waals surface area contributed by atoms with Crippen molar-refractivity contribution in [1.82, 2.24) is 5.32 Å². The summed E-state index contributed by atoms with van der Waals surface area (Å²) in [6.45, 7) is 6.14. The molecule has 22 heavy (non-hydrogen) atoms. The third-order valence-corrected chi connectivity index (χ3v) is 4.35. The van der Waals surface area contributed by atoms with Gasteiger partial charge in [-0.1, -0.05) is 0 Å². The fraction of sp³-hybridized carbons (Fsp3) is 0.875. The number of hydrogen-bond acceptors (Lipinski definition) is 4. The molecule has 2 aliphatic rings. The summed E-state index contributed by atoms with van der Waals surface area (Å²) in [4.78, 5) is 23.8. The second-order valence-electron chi connectivity index (χ2n) is 7.43. The van der Waals surface area contributed by atoms with E-state index in [1.165, 1.54) is 0 Å². The van der Waals surface area contributed by atoms with Gasteiger partial charge in [0, 0.05) is 13.2 Å². The number of aliphatic carboxylic acids is 1. The van der Waals surface area contributed by atoms with E-state index in [9.17, 15) is 14.7 Å². The van der Waals surface area contributed by atoms with Crippen LogP contribution in [0.25, 0.3) is 0 Å². The Morgan fingerprint density at radius 1 is 1.27 bits per heavy atom. The molecule has 0 aromatic rings. The molecule has 2 atom stereocenters. The van der Waals surface area contributed by atoms with Gasteiger partial charge >= 0.3 is 12.1 Å². The molecule has 2 fully saturated rings. The molecular formula is C16H27NO5. The Labute approximate surface area is 131 Å². The summed E-state index contributed by atoms with van der Waals surface area (Å²) in [6.07, 6.45) is 3.55. The Balaban J connectivity index is 2.01. The Hall–Kier alpha value is -1.30. The van der Waals surface area contributed by atoms with E-state index in [1.807, 2.05) is 0 Å². The normalized spacial score (nSPS) is 24.6. The lowest BCUT2D eigenvalue weighted by Crippen LogP contribution is -2.47. The number of hydrogen-bond donors (Lipinski definition) is 2. The maximum Gasteiger partial charge on any atom is 0.407 e. The van der Waals surface area contributed by atoms with Gasteiger partial charge in [-0.15, -0.1) is 0 Å². The van der Waals surface area contributed by atoms with E-state index >= 15 is 0 Å². The van der Waals surface area contributed by atoms with Crippen LogP contribution < -0.4 is 5.32 Å². The molecule has 1 saturated heterocycles. The molecule has 0 spiro atoms. The second-order valence-corrected chi connectivity index (χ2v) is 7.43. The summed E-state index contributed by atoms with van der Waals surface area (Å²) in [6, 6.07) is 0. The lowest BCUT2D eigenvalue weighted by molar-refractivity contribution is -0.152. The Bertz CT molecular complexity index is 421. The summed E-state index contributed by atoms with van der Waals surface area (Å²) >= 11 is 0. The largest absolute Gasteiger partial charge is 0.481 e. The number of carbonyl (C=O) groups excluding carboxylic acids is 1.